The average Bonchev–Trinajstić information content (AvgIpc) is 2.73. The number of nitrogens with one attached hydrogen (secondary N) is 3. The lowest BCUT2D eigenvalue weighted by Gasteiger charge is -2.08. The third kappa shape index (κ3) is 3.58. The zero-order valence-corrected chi connectivity index (χ0v) is 10.3. The number of imidazole rings is 1. The van der Waals surface area contributed by atoms with Gasteiger partial charge in [-0.1, -0.05) is 6.92 Å². The fourth-order valence-corrected chi connectivity index (χ4v) is 1.30. The summed E-state index contributed by atoms with van der Waals surface area (Å²) in [5.41, 5.74) is 0.337. The molecule has 0 aliphatic carbocycles. The number of aromatic amines is 1. The number of carbonyl (C=O) groups excluding carboxylic acids is 2. The van der Waals surface area contributed by atoms with E-state index in [0.29, 0.717) is 6.54 Å². The second kappa shape index (κ2) is 6.03. The number of hydrogen-bond donors (Lipinski definition) is 3. The molecule has 0 fully saturated rings. The standard InChI is InChI=1S/C11H18N4O2/c1-4-5-12-10(16)8-9(14-6-13-8)11(17)15-7(2)3/h6-7H,4-5H2,1-3H3,(H,12,16)(H,13,14)(H,15,17). The number of aromatic nitrogens is 2. The predicted octanol–water partition coefficient (Wildman–Crippen LogP) is 0.688. The van der Waals surface area contributed by atoms with Crippen LogP contribution in [0.5, 0.6) is 0 Å². The van der Waals surface area contributed by atoms with Crippen LogP contribution in [0.2, 0.25) is 0 Å². The van der Waals surface area contributed by atoms with Gasteiger partial charge in [0.2, 0.25) is 0 Å². The van der Waals surface area contributed by atoms with Crippen LogP contribution in [0, 0.1) is 0 Å². The largest absolute Gasteiger partial charge is 0.351 e. The Morgan fingerprint density at radius 2 is 2.12 bits per heavy atom. The molecule has 0 radical (unpaired) electrons. The maximum atomic E-state index is 11.7. The summed E-state index contributed by atoms with van der Waals surface area (Å²) in [4.78, 5) is 30.0. The Balaban J connectivity index is 2.78. The predicted molar refractivity (Wildman–Crippen MR) is 63.8 cm³/mol. The minimum Gasteiger partial charge on any atom is -0.351 e. The molecule has 1 heterocycles. The van der Waals surface area contributed by atoms with Crippen LogP contribution in [-0.4, -0.2) is 34.4 Å². The molecule has 0 bridgehead atoms. The zero-order chi connectivity index (χ0) is 12.8. The number of H-pyrrole nitrogens is 1. The van der Waals surface area contributed by atoms with Crippen molar-refractivity contribution >= 4 is 11.8 Å². The lowest BCUT2D eigenvalue weighted by Crippen LogP contribution is -2.33. The number of amides is 2. The highest BCUT2D eigenvalue weighted by molar-refractivity contribution is 6.04. The normalized spacial score (nSPS) is 10.4. The molecule has 2 amide bonds. The van der Waals surface area contributed by atoms with Crippen LogP contribution in [0.3, 0.4) is 0 Å². The third-order valence-electron chi connectivity index (χ3n) is 2.04. The molecule has 0 aliphatic rings. The first-order valence-corrected chi connectivity index (χ1v) is 5.68. The molecule has 0 saturated carbocycles. The highest BCUT2D eigenvalue weighted by Crippen LogP contribution is 2.03. The molecule has 3 N–H and O–H groups in total. The molecule has 1 aromatic heterocycles. The van der Waals surface area contributed by atoms with Gasteiger partial charge in [-0.05, 0) is 20.3 Å². The molecule has 1 rings (SSSR count). The minimum absolute atomic E-state index is 0.00533. The highest BCUT2D eigenvalue weighted by Gasteiger charge is 2.20. The molecule has 6 heteroatoms. The molecule has 94 valence electrons. The maximum absolute atomic E-state index is 11.7. The van der Waals surface area contributed by atoms with E-state index in [-0.39, 0.29) is 29.2 Å². The summed E-state index contributed by atoms with van der Waals surface area (Å²) in [6.07, 6.45) is 2.18. The van der Waals surface area contributed by atoms with E-state index in [0.717, 1.165) is 6.42 Å². The summed E-state index contributed by atoms with van der Waals surface area (Å²) in [6.45, 7) is 6.23. The van der Waals surface area contributed by atoms with Gasteiger partial charge in [0.15, 0.2) is 5.69 Å². The van der Waals surface area contributed by atoms with Gasteiger partial charge in [0.1, 0.15) is 5.69 Å². The topological polar surface area (TPSA) is 86.9 Å². The summed E-state index contributed by atoms with van der Waals surface area (Å²) in [7, 11) is 0. The molecule has 0 spiro atoms. The molecule has 0 atom stereocenters. The third-order valence-corrected chi connectivity index (χ3v) is 2.04. The maximum Gasteiger partial charge on any atom is 0.272 e. The van der Waals surface area contributed by atoms with Crippen molar-refractivity contribution in [2.45, 2.75) is 33.2 Å². The molecule has 17 heavy (non-hydrogen) atoms. The number of nitrogens with zero attached hydrogens (tertiary/aromatic N) is 1. The Bertz CT molecular complexity index is 398. The minimum atomic E-state index is -0.345. The zero-order valence-electron chi connectivity index (χ0n) is 10.3. The molecular formula is C11H18N4O2. The number of rotatable bonds is 5. The van der Waals surface area contributed by atoms with E-state index in [4.69, 9.17) is 0 Å². The van der Waals surface area contributed by atoms with E-state index in [1.54, 1.807) is 0 Å². The van der Waals surface area contributed by atoms with Gasteiger partial charge in [0.25, 0.3) is 11.8 Å². The van der Waals surface area contributed by atoms with Gasteiger partial charge in [-0.3, -0.25) is 9.59 Å². The van der Waals surface area contributed by atoms with Crippen LogP contribution < -0.4 is 10.6 Å². The molecular weight excluding hydrogens is 220 g/mol. The Hall–Kier alpha value is -1.85. The molecule has 0 saturated heterocycles. The van der Waals surface area contributed by atoms with Crippen molar-refractivity contribution in [3.8, 4) is 0 Å². The fourth-order valence-electron chi connectivity index (χ4n) is 1.30. The van der Waals surface area contributed by atoms with Crippen molar-refractivity contribution in [2.24, 2.45) is 0 Å². The molecule has 0 aliphatic heterocycles. The first-order valence-electron chi connectivity index (χ1n) is 5.68. The quantitative estimate of drug-likeness (QED) is 0.705. The monoisotopic (exact) mass is 238 g/mol. The van der Waals surface area contributed by atoms with Crippen LogP contribution >= 0.6 is 0 Å². The van der Waals surface area contributed by atoms with E-state index in [2.05, 4.69) is 20.6 Å². The van der Waals surface area contributed by atoms with E-state index in [1.807, 2.05) is 20.8 Å². The molecule has 1 aromatic rings. The summed E-state index contributed by atoms with van der Waals surface area (Å²) >= 11 is 0. The second-order valence-corrected chi connectivity index (χ2v) is 4.01. The van der Waals surface area contributed by atoms with E-state index in [1.165, 1.54) is 6.33 Å². The Kier molecular flexibility index (Phi) is 4.68. The van der Waals surface area contributed by atoms with Crippen LogP contribution in [0.15, 0.2) is 6.33 Å². The number of hydrogen-bond acceptors (Lipinski definition) is 3. The average molecular weight is 238 g/mol. The smallest absolute Gasteiger partial charge is 0.272 e. The fraction of sp³-hybridized carbons (Fsp3) is 0.545. The molecule has 0 aromatic carbocycles. The van der Waals surface area contributed by atoms with Crippen LogP contribution in [0.25, 0.3) is 0 Å². The van der Waals surface area contributed by atoms with Gasteiger partial charge in [-0.15, -0.1) is 0 Å². The lowest BCUT2D eigenvalue weighted by atomic mass is 10.2. The van der Waals surface area contributed by atoms with Crippen molar-refractivity contribution in [3.63, 3.8) is 0 Å². The van der Waals surface area contributed by atoms with Gasteiger partial charge in [-0.2, -0.15) is 0 Å². The van der Waals surface area contributed by atoms with Gasteiger partial charge in [0, 0.05) is 12.6 Å². The van der Waals surface area contributed by atoms with Crippen LogP contribution in [-0.2, 0) is 0 Å². The highest BCUT2D eigenvalue weighted by atomic mass is 16.2. The van der Waals surface area contributed by atoms with E-state index < -0.39 is 0 Å². The molecule has 6 nitrogen and oxygen atoms in total. The van der Waals surface area contributed by atoms with Gasteiger partial charge in [0.05, 0.1) is 6.33 Å². The summed E-state index contributed by atoms with van der Waals surface area (Å²) in [5, 5.41) is 5.39. The van der Waals surface area contributed by atoms with Crippen LogP contribution in [0.1, 0.15) is 48.2 Å². The van der Waals surface area contributed by atoms with Gasteiger partial charge >= 0.3 is 0 Å². The summed E-state index contributed by atoms with van der Waals surface area (Å²) in [5.74, 6) is -0.652. The van der Waals surface area contributed by atoms with Crippen molar-refractivity contribution in [3.05, 3.63) is 17.7 Å². The SMILES string of the molecule is CCCNC(=O)c1[nH]cnc1C(=O)NC(C)C. The summed E-state index contributed by atoms with van der Waals surface area (Å²) in [6, 6.07) is 0.00533. The van der Waals surface area contributed by atoms with Gasteiger partial charge < -0.3 is 15.6 Å². The Labute approximate surface area is 100 Å². The molecule has 0 unspecified atom stereocenters. The van der Waals surface area contributed by atoms with Crippen molar-refractivity contribution in [2.75, 3.05) is 6.54 Å². The van der Waals surface area contributed by atoms with E-state index >= 15 is 0 Å². The number of carbonyl (C=O) groups is 2. The summed E-state index contributed by atoms with van der Waals surface area (Å²) < 4.78 is 0. The lowest BCUT2D eigenvalue weighted by molar-refractivity contribution is 0.0908. The van der Waals surface area contributed by atoms with Gasteiger partial charge in [-0.25, -0.2) is 4.98 Å². The Morgan fingerprint density at radius 3 is 2.71 bits per heavy atom. The van der Waals surface area contributed by atoms with Crippen molar-refractivity contribution < 1.29 is 9.59 Å². The van der Waals surface area contributed by atoms with Crippen molar-refractivity contribution in [1.29, 1.82) is 0 Å². The first-order chi connectivity index (χ1) is 8.06. The first kappa shape index (κ1) is 13.2. The van der Waals surface area contributed by atoms with E-state index in [9.17, 15) is 9.59 Å². The Morgan fingerprint density at radius 1 is 1.41 bits per heavy atom. The van der Waals surface area contributed by atoms with Crippen LogP contribution in [0.4, 0.5) is 0 Å². The second-order valence-electron chi connectivity index (χ2n) is 4.01. The van der Waals surface area contributed by atoms with Crippen molar-refractivity contribution in [1.82, 2.24) is 20.6 Å².